The molecule has 31 heavy (non-hydrogen) atoms. The van der Waals surface area contributed by atoms with E-state index in [0.717, 1.165) is 16.8 Å². The Bertz CT molecular complexity index is 1220. The van der Waals surface area contributed by atoms with Gasteiger partial charge < -0.3 is 4.42 Å². The van der Waals surface area contributed by atoms with Gasteiger partial charge in [-0.3, -0.25) is 4.79 Å². The Kier molecular flexibility index (Phi) is 6.44. The predicted octanol–water partition coefficient (Wildman–Crippen LogP) is 4.13. The molecule has 1 N–H and O–H groups in total. The second-order valence-corrected chi connectivity index (χ2v) is 7.81. The van der Waals surface area contributed by atoms with Gasteiger partial charge in [-0.15, -0.1) is 5.10 Å². The lowest BCUT2D eigenvalue weighted by Gasteiger charge is -2.03. The molecule has 0 aliphatic carbocycles. The first-order valence-corrected chi connectivity index (χ1v) is 10.6. The van der Waals surface area contributed by atoms with Gasteiger partial charge in [-0.1, -0.05) is 53.7 Å². The molecule has 0 aliphatic rings. The van der Waals surface area contributed by atoms with Gasteiger partial charge in [0.1, 0.15) is 11.5 Å². The predicted molar refractivity (Wildman–Crippen MR) is 120 cm³/mol. The van der Waals surface area contributed by atoms with Crippen molar-refractivity contribution in [2.24, 2.45) is 5.10 Å². The third-order valence-electron chi connectivity index (χ3n) is 4.24. The number of halogens is 1. The van der Waals surface area contributed by atoms with Gasteiger partial charge in [-0.05, 0) is 53.2 Å². The van der Waals surface area contributed by atoms with Gasteiger partial charge in [0.2, 0.25) is 5.16 Å². The lowest BCUT2D eigenvalue weighted by Crippen LogP contribution is -2.19. The summed E-state index contributed by atoms with van der Waals surface area (Å²) in [7, 11) is 0. The number of para-hydroxylation sites is 1. The van der Waals surface area contributed by atoms with Crippen molar-refractivity contribution in [1.82, 2.24) is 25.6 Å². The first-order chi connectivity index (χ1) is 15.1. The zero-order valence-electron chi connectivity index (χ0n) is 16.4. The fourth-order valence-corrected chi connectivity index (χ4v) is 3.52. The molecule has 0 saturated heterocycles. The number of rotatable bonds is 7. The summed E-state index contributed by atoms with van der Waals surface area (Å²) >= 11 is 7.38. The second kappa shape index (κ2) is 9.59. The molecule has 2 aromatic carbocycles. The van der Waals surface area contributed by atoms with Crippen molar-refractivity contribution >= 4 is 35.5 Å². The SMILES string of the molecule is Cc1ccc(-c2ccc(/C=N\NC(=O)CSc3nnnn3-c3ccccc3)o2)cc1Cl. The number of carbonyl (C=O) groups excluding carboxylic acids is 1. The molecule has 0 spiro atoms. The Balaban J connectivity index is 1.31. The fourth-order valence-electron chi connectivity index (χ4n) is 2.65. The minimum atomic E-state index is -0.291. The quantitative estimate of drug-likeness (QED) is 0.257. The molecule has 156 valence electrons. The average molecular weight is 453 g/mol. The molecule has 1 amide bonds. The van der Waals surface area contributed by atoms with Crippen LogP contribution in [0.15, 0.2) is 75.3 Å². The van der Waals surface area contributed by atoms with Crippen LogP contribution in [0.1, 0.15) is 11.3 Å². The molecular weight excluding hydrogens is 436 g/mol. The first-order valence-electron chi connectivity index (χ1n) is 9.25. The molecule has 0 unspecified atom stereocenters. The third kappa shape index (κ3) is 5.19. The lowest BCUT2D eigenvalue weighted by atomic mass is 10.1. The highest BCUT2D eigenvalue weighted by Gasteiger charge is 2.11. The van der Waals surface area contributed by atoms with Crippen LogP contribution in [0.25, 0.3) is 17.0 Å². The average Bonchev–Trinajstić information content (AvgIpc) is 3.44. The van der Waals surface area contributed by atoms with Gasteiger partial charge in [0.05, 0.1) is 17.7 Å². The zero-order chi connectivity index (χ0) is 21.6. The Morgan fingerprint density at radius 3 is 2.87 bits per heavy atom. The Hall–Kier alpha value is -3.43. The molecule has 0 aliphatic heterocycles. The van der Waals surface area contributed by atoms with Crippen LogP contribution in [0.5, 0.6) is 0 Å². The Labute approximate surface area is 187 Å². The number of benzene rings is 2. The molecule has 0 radical (unpaired) electrons. The standard InChI is InChI=1S/C21H17ClN6O2S/c1-14-7-8-15(11-18(14)22)19-10-9-17(30-19)12-23-24-20(29)13-31-21-25-26-27-28(21)16-5-3-2-4-6-16/h2-12H,13H2,1H3,(H,24,29)/b23-12-. The van der Waals surface area contributed by atoms with E-state index in [2.05, 4.69) is 26.1 Å². The molecule has 0 fully saturated rings. The van der Waals surface area contributed by atoms with E-state index in [1.165, 1.54) is 18.0 Å². The summed E-state index contributed by atoms with van der Waals surface area (Å²) in [5, 5.41) is 16.7. The zero-order valence-corrected chi connectivity index (χ0v) is 18.0. The number of hydrogen-bond acceptors (Lipinski definition) is 7. The van der Waals surface area contributed by atoms with E-state index in [4.69, 9.17) is 16.0 Å². The van der Waals surface area contributed by atoms with Crippen LogP contribution in [-0.2, 0) is 4.79 Å². The number of carbonyl (C=O) groups is 1. The summed E-state index contributed by atoms with van der Waals surface area (Å²) in [6.45, 7) is 1.94. The minimum Gasteiger partial charge on any atom is -0.455 e. The molecule has 4 aromatic rings. The Morgan fingerprint density at radius 1 is 1.23 bits per heavy atom. The van der Waals surface area contributed by atoms with E-state index in [-0.39, 0.29) is 11.7 Å². The summed E-state index contributed by atoms with van der Waals surface area (Å²) < 4.78 is 7.31. The molecule has 8 nitrogen and oxygen atoms in total. The summed E-state index contributed by atoms with van der Waals surface area (Å²) in [5.41, 5.74) is 5.15. The number of amides is 1. The van der Waals surface area contributed by atoms with Crippen molar-refractivity contribution in [1.29, 1.82) is 0 Å². The second-order valence-electron chi connectivity index (χ2n) is 6.46. The third-order valence-corrected chi connectivity index (χ3v) is 5.56. The van der Waals surface area contributed by atoms with Crippen molar-refractivity contribution < 1.29 is 9.21 Å². The molecule has 2 aromatic heterocycles. The van der Waals surface area contributed by atoms with Crippen molar-refractivity contribution in [3.05, 3.63) is 77.0 Å². The van der Waals surface area contributed by atoms with Gasteiger partial charge >= 0.3 is 0 Å². The number of hydrogen-bond donors (Lipinski definition) is 1. The van der Waals surface area contributed by atoms with Gasteiger partial charge in [0, 0.05) is 10.6 Å². The summed E-state index contributed by atoms with van der Waals surface area (Å²) in [5.74, 6) is 0.988. The lowest BCUT2D eigenvalue weighted by molar-refractivity contribution is -0.118. The maximum atomic E-state index is 12.1. The summed E-state index contributed by atoms with van der Waals surface area (Å²) in [4.78, 5) is 12.1. The first kappa shape index (κ1) is 20.8. The minimum absolute atomic E-state index is 0.107. The van der Waals surface area contributed by atoms with E-state index in [1.807, 2.05) is 61.5 Å². The molecule has 4 rings (SSSR count). The number of nitrogens with zero attached hydrogens (tertiary/aromatic N) is 5. The highest BCUT2D eigenvalue weighted by Crippen LogP contribution is 2.26. The van der Waals surface area contributed by atoms with Crippen molar-refractivity contribution in [2.75, 3.05) is 5.75 Å². The van der Waals surface area contributed by atoms with E-state index in [9.17, 15) is 4.79 Å². The van der Waals surface area contributed by atoms with E-state index in [0.29, 0.717) is 21.7 Å². The highest BCUT2D eigenvalue weighted by atomic mass is 35.5. The number of aromatic nitrogens is 4. The molecular formula is C21H17ClN6O2S. The maximum Gasteiger partial charge on any atom is 0.250 e. The fraction of sp³-hybridized carbons (Fsp3) is 0.0952. The normalized spacial score (nSPS) is 11.2. The van der Waals surface area contributed by atoms with Crippen molar-refractivity contribution in [3.63, 3.8) is 0 Å². The van der Waals surface area contributed by atoms with E-state index in [1.54, 1.807) is 10.7 Å². The smallest absolute Gasteiger partial charge is 0.250 e. The molecule has 0 atom stereocenters. The number of tetrazole rings is 1. The topological polar surface area (TPSA) is 98.2 Å². The monoisotopic (exact) mass is 452 g/mol. The van der Waals surface area contributed by atoms with Crippen LogP contribution in [0.3, 0.4) is 0 Å². The number of hydrazone groups is 1. The molecule has 2 heterocycles. The highest BCUT2D eigenvalue weighted by molar-refractivity contribution is 7.99. The van der Waals surface area contributed by atoms with Gasteiger partial charge in [-0.25, -0.2) is 5.43 Å². The van der Waals surface area contributed by atoms with Crippen molar-refractivity contribution in [2.45, 2.75) is 12.1 Å². The molecule has 10 heteroatoms. The maximum absolute atomic E-state index is 12.1. The van der Waals surface area contributed by atoms with Crippen LogP contribution in [0.4, 0.5) is 0 Å². The number of nitrogens with one attached hydrogen (secondary N) is 1. The Morgan fingerprint density at radius 2 is 2.06 bits per heavy atom. The van der Waals surface area contributed by atoms with Crippen LogP contribution in [-0.4, -0.2) is 38.1 Å². The largest absolute Gasteiger partial charge is 0.455 e. The van der Waals surface area contributed by atoms with E-state index < -0.39 is 0 Å². The number of thioether (sulfide) groups is 1. The summed E-state index contributed by atoms with van der Waals surface area (Å²) in [6.07, 6.45) is 1.44. The number of aryl methyl sites for hydroxylation is 1. The van der Waals surface area contributed by atoms with Gasteiger partial charge in [0.25, 0.3) is 5.91 Å². The summed E-state index contributed by atoms with van der Waals surface area (Å²) in [6, 6.07) is 18.7. The van der Waals surface area contributed by atoms with Crippen LogP contribution < -0.4 is 5.43 Å². The number of furan rings is 1. The van der Waals surface area contributed by atoms with Crippen LogP contribution >= 0.6 is 23.4 Å². The van der Waals surface area contributed by atoms with Crippen LogP contribution in [0.2, 0.25) is 5.02 Å². The molecule has 0 saturated carbocycles. The molecule has 0 bridgehead atoms. The van der Waals surface area contributed by atoms with Gasteiger partial charge in [0.15, 0.2) is 0 Å². The van der Waals surface area contributed by atoms with Crippen molar-refractivity contribution in [3.8, 4) is 17.0 Å². The van der Waals surface area contributed by atoms with E-state index >= 15 is 0 Å². The van der Waals surface area contributed by atoms with Crippen LogP contribution in [0, 0.1) is 6.92 Å². The van der Waals surface area contributed by atoms with Gasteiger partial charge in [-0.2, -0.15) is 9.78 Å².